The number of hydrogen-bond donors (Lipinski definition) is 2. The van der Waals surface area contributed by atoms with Crippen LogP contribution >= 0.6 is 23.2 Å². The molecule has 0 saturated carbocycles. The Bertz CT molecular complexity index is 898. The van der Waals surface area contributed by atoms with Crippen molar-refractivity contribution in [2.45, 2.75) is 20.1 Å². The zero-order valence-corrected chi connectivity index (χ0v) is 16.0. The van der Waals surface area contributed by atoms with E-state index in [0.717, 1.165) is 11.1 Å². The standard InChI is InChI=1S/C17H18Cl2N6O2/c1-2-26-16-8-11(9-21-25-17(20)22-23-24-25)6-7-15(16)27-10-12-13(18)4-3-5-14(12)19/h3-8,21H,2,9-10H2,1H3,(H2,20,22,24). The minimum atomic E-state index is 0.177. The van der Waals surface area contributed by atoms with Crippen LogP contribution in [-0.4, -0.2) is 26.9 Å². The number of aromatic nitrogens is 4. The number of hydrogen-bond acceptors (Lipinski definition) is 7. The molecular formula is C17H18Cl2N6O2. The van der Waals surface area contributed by atoms with E-state index in [1.165, 1.54) is 4.79 Å². The van der Waals surface area contributed by atoms with E-state index in [1.54, 1.807) is 18.2 Å². The first-order valence-corrected chi connectivity index (χ1v) is 8.93. The smallest absolute Gasteiger partial charge is 0.260 e. The molecule has 10 heteroatoms. The fraction of sp³-hybridized carbons (Fsp3) is 0.235. The van der Waals surface area contributed by atoms with Gasteiger partial charge in [0.2, 0.25) is 0 Å². The summed E-state index contributed by atoms with van der Waals surface area (Å²) in [6.07, 6.45) is 0. The van der Waals surface area contributed by atoms with Crippen LogP contribution in [0.15, 0.2) is 36.4 Å². The molecule has 0 aliphatic carbocycles. The number of ether oxygens (including phenoxy) is 2. The number of nitrogen functional groups attached to an aromatic ring is 1. The van der Waals surface area contributed by atoms with Crippen LogP contribution in [0.5, 0.6) is 11.5 Å². The van der Waals surface area contributed by atoms with Gasteiger partial charge in [0.1, 0.15) is 6.61 Å². The zero-order valence-electron chi connectivity index (χ0n) is 14.5. The molecule has 3 aromatic rings. The number of tetrazole rings is 1. The molecule has 0 atom stereocenters. The Kier molecular flexibility index (Phi) is 6.20. The number of anilines is 1. The van der Waals surface area contributed by atoms with E-state index in [-0.39, 0.29) is 12.6 Å². The maximum atomic E-state index is 6.19. The van der Waals surface area contributed by atoms with E-state index in [4.69, 9.17) is 38.4 Å². The first-order chi connectivity index (χ1) is 13.1. The normalized spacial score (nSPS) is 10.6. The summed E-state index contributed by atoms with van der Waals surface area (Å²) in [5, 5.41) is 11.9. The van der Waals surface area contributed by atoms with Gasteiger partial charge in [-0.05, 0) is 47.2 Å². The van der Waals surface area contributed by atoms with E-state index in [9.17, 15) is 0 Å². The molecule has 0 saturated heterocycles. The van der Waals surface area contributed by atoms with Gasteiger partial charge in [-0.25, -0.2) is 0 Å². The van der Waals surface area contributed by atoms with Crippen molar-refractivity contribution in [3.05, 3.63) is 57.6 Å². The van der Waals surface area contributed by atoms with E-state index in [0.29, 0.717) is 34.7 Å². The Balaban J connectivity index is 1.72. The monoisotopic (exact) mass is 408 g/mol. The number of nitrogens with two attached hydrogens (primary N) is 1. The topological polar surface area (TPSA) is 100 Å². The third-order valence-electron chi connectivity index (χ3n) is 3.67. The number of halogens is 2. The van der Waals surface area contributed by atoms with Crippen molar-refractivity contribution in [1.82, 2.24) is 20.3 Å². The number of rotatable bonds is 8. The summed E-state index contributed by atoms with van der Waals surface area (Å²) in [5.74, 6) is 1.39. The van der Waals surface area contributed by atoms with Crippen molar-refractivity contribution in [1.29, 1.82) is 0 Å². The van der Waals surface area contributed by atoms with Gasteiger partial charge in [-0.1, -0.05) is 40.4 Å². The average molecular weight is 409 g/mol. The number of nitrogens with zero attached hydrogens (tertiary/aromatic N) is 4. The summed E-state index contributed by atoms with van der Waals surface area (Å²) >= 11 is 12.4. The maximum Gasteiger partial charge on any atom is 0.260 e. The van der Waals surface area contributed by atoms with E-state index in [1.807, 2.05) is 25.1 Å². The summed E-state index contributed by atoms with van der Waals surface area (Å²) in [7, 11) is 0. The van der Waals surface area contributed by atoms with Gasteiger partial charge in [-0.15, -0.1) is 4.79 Å². The molecule has 2 aromatic carbocycles. The Hall–Kier alpha value is -2.71. The van der Waals surface area contributed by atoms with E-state index >= 15 is 0 Å². The highest BCUT2D eigenvalue weighted by Gasteiger charge is 2.11. The average Bonchev–Trinajstić information content (AvgIpc) is 3.06. The molecule has 0 unspecified atom stereocenters. The fourth-order valence-corrected chi connectivity index (χ4v) is 2.85. The third-order valence-corrected chi connectivity index (χ3v) is 4.38. The van der Waals surface area contributed by atoms with Crippen molar-refractivity contribution in [3.63, 3.8) is 0 Å². The molecule has 3 N–H and O–H groups in total. The Morgan fingerprint density at radius 3 is 2.56 bits per heavy atom. The minimum absolute atomic E-state index is 0.177. The van der Waals surface area contributed by atoms with Gasteiger partial charge in [-0.3, -0.25) is 0 Å². The highest BCUT2D eigenvalue weighted by atomic mass is 35.5. The Labute approximate surface area is 166 Å². The number of nitrogens with one attached hydrogen (secondary N) is 1. The lowest BCUT2D eigenvalue weighted by Crippen LogP contribution is -2.18. The fourth-order valence-electron chi connectivity index (χ4n) is 2.34. The quantitative estimate of drug-likeness (QED) is 0.589. The highest BCUT2D eigenvalue weighted by molar-refractivity contribution is 6.35. The molecule has 142 valence electrons. The van der Waals surface area contributed by atoms with Crippen molar-refractivity contribution in [2.24, 2.45) is 0 Å². The molecule has 0 radical (unpaired) electrons. The minimum Gasteiger partial charge on any atom is -0.490 e. The van der Waals surface area contributed by atoms with E-state index < -0.39 is 0 Å². The Morgan fingerprint density at radius 1 is 1.11 bits per heavy atom. The van der Waals surface area contributed by atoms with Crippen molar-refractivity contribution >= 4 is 29.2 Å². The van der Waals surface area contributed by atoms with E-state index in [2.05, 4.69) is 21.0 Å². The third kappa shape index (κ3) is 4.72. The molecule has 1 heterocycles. The van der Waals surface area contributed by atoms with Crippen molar-refractivity contribution in [3.8, 4) is 11.5 Å². The van der Waals surface area contributed by atoms with Gasteiger partial charge >= 0.3 is 0 Å². The van der Waals surface area contributed by atoms with Crippen LogP contribution in [0, 0.1) is 0 Å². The maximum absolute atomic E-state index is 6.19. The van der Waals surface area contributed by atoms with Gasteiger partial charge in [0, 0.05) is 15.6 Å². The molecule has 0 aliphatic heterocycles. The van der Waals surface area contributed by atoms with Crippen LogP contribution in [0.3, 0.4) is 0 Å². The summed E-state index contributed by atoms with van der Waals surface area (Å²) in [6, 6.07) is 10.9. The molecule has 3 rings (SSSR count). The van der Waals surface area contributed by atoms with Gasteiger partial charge in [0.05, 0.1) is 13.2 Å². The predicted molar refractivity (Wildman–Crippen MR) is 104 cm³/mol. The second-order valence-electron chi connectivity index (χ2n) is 5.49. The van der Waals surface area contributed by atoms with Crippen LogP contribution in [0.2, 0.25) is 10.0 Å². The lowest BCUT2D eigenvalue weighted by Gasteiger charge is -2.15. The second-order valence-corrected chi connectivity index (χ2v) is 6.30. The van der Waals surface area contributed by atoms with Gasteiger partial charge in [0.25, 0.3) is 5.95 Å². The highest BCUT2D eigenvalue weighted by Crippen LogP contribution is 2.31. The first-order valence-electron chi connectivity index (χ1n) is 8.17. The first kappa shape index (κ1) is 19.1. The van der Waals surface area contributed by atoms with Crippen LogP contribution in [-0.2, 0) is 13.2 Å². The molecule has 0 fully saturated rings. The molecule has 1 aromatic heterocycles. The molecule has 0 amide bonds. The van der Waals surface area contributed by atoms with Crippen LogP contribution in [0.4, 0.5) is 5.95 Å². The molecule has 27 heavy (non-hydrogen) atoms. The van der Waals surface area contributed by atoms with Gasteiger partial charge in [0.15, 0.2) is 11.5 Å². The summed E-state index contributed by atoms with van der Waals surface area (Å²) < 4.78 is 11.6. The molecule has 0 bridgehead atoms. The van der Waals surface area contributed by atoms with Gasteiger partial charge in [-0.2, -0.15) is 0 Å². The molecule has 8 nitrogen and oxygen atoms in total. The SMILES string of the molecule is CCOc1cc(CNn2nnnc2N)ccc1OCc1c(Cl)cccc1Cl. The zero-order chi connectivity index (χ0) is 19.2. The Morgan fingerprint density at radius 2 is 1.89 bits per heavy atom. The summed E-state index contributed by atoms with van der Waals surface area (Å²) in [6.45, 7) is 3.09. The van der Waals surface area contributed by atoms with Crippen molar-refractivity contribution < 1.29 is 9.47 Å². The van der Waals surface area contributed by atoms with Crippen molar-refractivity contribution in [2.75, 3.05) is 17.8 Å². The molecule has 0 aliphatic rings. The predicted octanol–water partition coefficient (Wildman–Crippen LogP) is 3.28. The number of benzene rings is 2. The molecular weight excluding hydrogens is 391 g/mol. The molecule has 0 spiro atoms. The van der Waals surface area contributed by atoms with Gasteiger partial charge < -0.3 is 20.6 Å². The van der Waals surface area contributed by atoms with Crippen LogP contribution < -0.4 is 20.6 Å². The largest absolute Gasteiger partial charge is 0.490 e. The summed E-state index contributed by atoms with van der Waals surface area (Å²) in [5.41, 5.74) is 10.3. The van der Waals surface area contributed by atoms with Crippen LogP contribution in [0.1, 0.15) is 18.1 Å². The lowest BCUT2D eigenvalue weighted by atomic mass is 10.2. The summed E-state index contributed by atoms with van der Waals surface area (Å²) in [4.78, 5) is 1.30. The lowest BCUT2D eigenvalue weighted by molar-refractivity contribution is 0.269. The second kappa shape index (κ2) is 8.79. The van der Waals surface area contributed by atoms with Crippen LogP contribution in [0.25, 0.3) is 0 Å².